The van der Waals surface area contributed by atoms with E-state index >= 15 is 0 Å². The first-order valence-electron chi connectivity index (χ1n) is 7.48. The lowest BCUT2D eigenvalue weighted by Gasteiger charge is -2.07. The Morgan fingerprint density at radius 1 is 1.17 bits per heavy atom. The maximum Gasteiger partial charge on any atom is 0.234 e. The standard InChI is InChI=1S/C17H18N4OS/c1-3-21-12(2)19-20-17(21)23-11-16(22)18-15-9-8-13-6-4-5-7-14(13)10-15/h4-10H,3,11H2,1-2H3,(H,18,22). The van der Waals surface area contributed by atoms with E-state index in [0.29, 0.717) is 5.75 Å². The van der Waals surface area contributed by atoms with Crippen molar-refractivity contribution in [3.05, 3.63) is 48.3 Å². The molecule has 118 valence electrons. The first kappa shape index (κ1) is 15.6. The highest BCUT2D eigenvalue weighted by molar-refractivity contribution is 7.99. The molecular formula is C17H18N4OS. The molecule has 0 fully saturated rings. The highest BCUT2D eigenvalue weighted by Gasteiger charge is 2.10. The summed E-state index contributed by atoms with van der Waals surface area (Å²) in [6.07, 6.45) is 0. The van der Waals surface area contributed by atoms with Gasteiger partial charge in [-0.25, -0.2) is 0 Å². The zero-order valence-electron chi connectivity index (χ0n) is 13.1. The average molecular weight is 326 g/mol. The summed E-state index contributed by atoms with van der Waals surface area (Å²) in [5.41, 5.74) is 0.808. The van der Waals surface area contributed by atoms with Crippen molar-refractivity contribution >= 4 is 34.1 Å². The van der Waals surface area contributed by atoms with Gasteiger partial charge in [-0.3, -0.25) is 4.79 Å². The van der Waals surface area contributed by atoms with Gasteiger partial charge < -0.3 is 9.88 Å². The van der Waals surface area contributed by atoms with E-state index in [1.807, 2.05) is 54.8 Å². The summed E-state index contributed by atoms with van der Waals surface area (Å²) >= 11 is 1.40. The molecule has 0 aliphatic rings. The first-order chi connectivity index (χ1) is 11.2. The van der Waals surface area contributed by atoms with Crippen molar-refractivity contribution in [1.82, 2.24) is 14.8 Å². The van der Waals surface area contributed by atoms with Crippen LogP contribution in [-0.2, 0) is 11.3 Å². The van der Waals surface area contributed by atoms with Crippen molar-refractivity contribution in [2.45, 2.75) is 25.5 Å². The summed E-state index contributed by atoms with van der Waals surface area (Å²) in [7, 11) is 0. The number of carbonyl (C=O) groups excluding carboxylic acids is 1. The molecule has 3 rings (SSSR count). The third-order valence-corrected chi connectivity index (χ3v) is 4.55. The Hall–Kier alpha value is -2.34. The second kappa shape index (κ2) is 6.83. The minimum Gasteiger partial charge on any atom is -0.325 e. The van der Waals surface area contributed by atoms with Crippen molar-refractivity contribution in [2.75, 3.05) is 11.1 Å². The van der Waals surface area contributed by atoms with Gasteiger partial charge in [0.2, 0.25) is 5.91 Å². The van der Waals surface area contributed by atoms with Crippen LogP contribution >= 0.6 is 11.8 Å². The number of benzene rings is 2. The maximum atomic E-state index is 12.1. The number of rotatable bonds is 5. The highest BCUT2D eigenvalue weighted by atomic mass is 32.2. The van der Waals surface area contributed by atoms with Crippen LogP contribution in [0.4, 0.5) is 5.69 Å². The highest BCUT2D eigenvalue weighted by Crippen LogP contribution is 2.20. The van der Waals surface area contributed by atoms with Crippen LogP contribution in [0, 0.1) is 6.92 Å². The SMILES string of the molecule is CCn1c(C)nnc1SCC(=O)Nc1ccc2ccccc2c1. The Balaban J connectivity index is 1.64. The van der Waals surface area contributed by atoms with E-state index in [1.54, 1.807) is 0 Å². The molecule has 23 heavy (non-hydrogen) atoms. The Labute approximate surface area is 139 Å². The van der Waals surface area contributed by atoms with Gasteiger partial charge in [0.05, 0.1) is 5.75 Å². The van der Waals surface area contributed by atoms with Crippen LogP contribution < -0.4 is 5.32 Å². The largest absolute Gasteiger partial charge is 0.325 e. The molecule has 0 aliphatic carbocycles. The molecule has 1 amide bonds. The molecule has 0 saturated carbocycles. The molecule has 0 atom stereocenters. The van der Waals surface area contributed by atoms with Gasteiger partial charge in [0.15, 0.2) is 5.16 Å². The van der Waals surface area contributed by atoms with Crippen molar-refractivity contribution in [3.63, 3.8) is 0 Å². The number of hydrogen-bond acceptors (Lipinski definition) is 4. The average Bonchev–Trinajstić information content (AvgIpc) is 2.92. The topological polar surface area (TPSA) is 59.8 Å². The molecule has 1 heterocycles. The number of nitrogens with one attached hydrogen (secondary N) is 1. The fraction of sp³-hybridized carbons (Fsp3) is 0.235. The number of fused-ring (bicyclic) bond motifs is 1. The summed E-state index contributed by atoms with van der Waals surface area (Å²) in [5, 5.41) is 14.1. The summed E-state index contributed by atoms with van der Waals surface area (Å²) in [4.78, 5) is 12.1. The number of anilines is 1. The van der Waals surface area contributed by atoms with Gasteiger partial charge in [0.25, 0.3) is 0 Å². The Kier molecular flexibility index (Phi) is 4.62. The number of thioether (sulfide) groups is 1. The van der Waals surface area contributed by atoms with E-state index in [2.05, 4.69) is 21.6 Å². The van der Waals surface area contributed by atoms with E-state index in [-0.39, 0.29) is 5.91 Å². The number of nitrogens with zero attached hydrogens (tertiary/aromatic N) is 3. The number of aryl methyl sites for hydroxylation is 1. The van der Waals surface area contributed by atoms with Gasteiger partial charge in [-0.15, -0.1) is 10.2 Å². The van der Waals surface area contributed by atoms with E-state index in [0.717, 1.165) is 34.0 Å². The minimum atomic E-state index is -0.0476. The van der Waals surface area contributed by atoms with Crippen molar-refractivity contribution in [2.24, 2.45) is 0 Å². The van der Waals surface area contributed by atoms with Crippen LogP contribution in [0.2, 0.25) is 0 Å². The van der Waals surface area contributed by atoms with E-state index in [4.69, 9.17) is 0 Å². The second-order valence-corrected chi connectivity index (χ2v) is 6.12. The molecule has 0 unspecified atom stereocenters. The smallest absolute Gasteiger partial charge is 0.234 e. The third-order valence-electron chi connectivity index (χ3n) is 3.58. The van der Waals surface area contributed by atoms with Crippen LogP contribution in [0.15, 0.2) is 47.6 Å². The normalized spacial score (nSPS) is 10.9. The van der Waals surface area contributed by atoms with Crippen LogP contribution in [0.25, 0.3) is 10.8 Å². The number of carbonyl (C=O) groups is 1. The van der Waals surface area contributed by atoms with Crippen LogP contribution in [0.1, 0.15) is 12.7 Å². The minimum absolute atomic E-state index is 0.0476. The predicted octanol–water partition coefficient (Wildman–Crippen LogP) is 3.49. The van der Waals surface area contributed by atoms with Crippen molar-refractivity contribution in [3.8, 4) is 0 Å². The Bertz CT molecular complexity index is 843. The summed E-state index contributed by atoms with van der Waals surface area (Å²) in [6.45, 7) is 4.75. The Morgan fingerprint density at radius 2 is 1.96 bits per heavy atom. The molecule has 0 aliphatic heterocycles. The lowest BCUT2D eigenvalue weighted by molar-refractivity contribution is -0.113. The van der Waals surface area contributed by atoms with Gasteiger partial charge >= 0.3 is 0 Å². The van der Waals surface area contributed by atoms with Crippen molar-refractivity contribution in [1.29, 1.82) is 0 Å². The maximum absolute atomic E-state index is 12.1. The van der Waals surface area contributed by atoms with E-state index < -0.39 is 0 Å². The molecule has 6 heteroatoms. The van der Waals surface area contributed by atoms with Gasteiger partial charge in [-0.1, -0.05) is 42.1 Å². The number of aromatic nitrogens is 3. The zero-order valence-corrected chi connectivity index (χ0v) is 13.9. The van der Waals surface area contributed by atoms with Crippen LogP contribution in [-0.4, -0.2) is 26.4 Å². The second-order valence-electron chi connectivity index (χ2n) is 5.17. The lowest BCUT2D eigenvalue weighted by atomic mass is 10.1. The molecule has 0 radical (unpaired) electrons. The van der Waals surface area contributed by atoms with Gasteiger partial charge in [0.1, 0.15) is 5.82 Å². The molecule has 2 aromatic carbocycles. The summed E-state index contributed by atoms with van der Waals surface area (Å²) in [5.74, 6) is 1.13. The fourth-order valence-corrected chi connectivity index (χ4v) is 3.27. The van der Waals surface area contributed by atoms with Gasteiger partial charge in [-0.2, -0.15) is 0 Å². The molecule has 0 spiro atoms. The number of amides is 1. The Morgan fingerprint density at radius 3 is 2.74 bits per heavy atom. The van der Waals surface area contributed by atoms with Gasteiger partial charge in [-0.05, 0) is 36.8 Å². The molecular weight excluding hydrogens is 308 g/mol. The monoisotopic (exact) mass is 326 g/mol. The first-order valence-corrected chi connectivity index (χ1v) is 8.47. The quantitative estimate of drug-likeness (QED) is 0.729. The molecule has 5 nitrogen and oxygen atoms in total. The summed E-state index contributed by atoms with van der Waals surface area (Å²) < 4.78 is 1.99. The zero-order chi connectivity index (χ0) is 16.2. The molecule has 0 saturated heterocycles. The molecule has 1 N–H and O–H groups in total. The fourth-order valence-electron chi connectivity index (χ4n) is 2.43. The van der Waals surface area contributed by atoms with Crippen LogP contribution in [0.3, 0.4) is 0 Å². The number of hydrogen-bond donors (Lipinski definition) is 1. The molecule has 0 bridgehead atoms. The summed E-state index contributed by atoms with van der Waals surface area (Å²) in [6, 6.07) is 14.0. The van der Waals surface area contributed by atoms with Gasteiger partial charge in [0, 0.05) is 12.2 Å². The lowest BCUT2D eigenvalue weighted by Crippen LogP contribution is -2.14. The van der Waals surface area contributed by atoms with Crippen molar-refractivity contribution < 1.29 is 4.79 Å². The van der Waals surface area contributed by atoms with E-state index in [9.17, 15) is 4.79 Å². The molecule has 1 aromatic heterocycles. The predicted molar refractivity (Wildman–Crippen MR) is 93.7 cm³/mol. The third kappa shape index (κ3) is 3.53. The van der Waals surface area contributed by atoms with Crippen LogP contribution in [0.5, 0.6) is 0 Å². The molecule has 3 aromatic rings. The van der Waals surface area contributed by atoms with E-state index in [1.165, 1.54) is 11.8 Å².